The standard InChI is InChI=1S/C20H23NO4/c1-2-15-3-7-17(8-4-15)25-18-9-5-16(6-10-18)13-14-21-19(22)11-12-20(23)24/h3-10H,2,11-14H2,1H3,(H,21,22)(H,23,24). The minimum Gasteiger partial charge on any atom is -0.481 e. The zero-order chi connectivity index (χ0) is 18.1. The second kappa shape index (κ2) is 9.47. The van der Waals surface area contributed by atoms with Gasteiger partial charge in [0.2, 0.25) is 5.91 Å². The minimum atomic E-state index is -0.963. The molecule has 1 amide bonds. The van der Waals surface area contributed by atoms with Crippen LogP contribution in [-0.4, -0.2) is 23.5 Å². The van der Waals surface area contributed by atoms with Crippen molar-refractivity contribution in [3.8, 4) is 11.5 Å². The molecule has 0 aliphatic heterocycles. The van der Waals surface area contributed by atoms with Gasteiger partial charge in [0.15, 0.2) is 0 Å². The van der Waals surface area contributed by atoms with Crippen molar-refractivity contribution in [1.82, 2.24) is 5.32 Å². The van der Waals surface area contributed by atoms with Crippen molar-refractivity contribution >= 4 is 11.9 Å². The molecule has 5 heteroatoms. The summed E-state index contributed by atoms with van der Waals surface area (Å²) in [5.41, 5.74) is 2.35. The van der Waals surface area contributed by atoms with Gasteiger partial charge in [-0.15, -0.1) is 0 Å². The van der Waals surface area contributed by atoms with Gasteiger partial charge in [-0.25, -0.2) is 0 Å². The van der Waals surface area contributed by atoms with Gasteiger partial charge in [-0.1, -0.05) is 31.2 Å². The number of benzene rings is 2. The molecule has 0 atom stereocenters. The molecule has 2 aromatic rings. The highest BCUT2D eigenvalue weighted by atomic mass is 16.5. The lowest BCUT2D eigenvalue weighted by atomic mass is 10.1. The summed E-state index contributed by atoms with van der Waals surface area (Å²) in [5.74, 6) is 0.363. The number of ether oxygens (including phenoxy) is 1. The van der Waals surface area contributed by atoms with E-state index in [0.29, 0.717) is 13.0 Å². The Labute approximate surface area is 147 Å². The molecule has 5 nitrogen and oxygen atoms in total. The van der Waals surface area contributed by atoms with E-state index < -0.39 is 5.97 Å². The summed E-state index contributed by atoms with van der Waals surface area (Å²) in [6.07, 6.45) is 1.56. The summed E-state index contributed by atoms with van der Waals surface area (Å²) >= 11 is 0. The molecule has 0 saturated heterocycles. The van der Waals surface area contributed by atoms with Gasteiger partial charge >= 0.3 is 5.97 Å². The maximum absolute atomic E-state index is 11.4. The van der Waals surface area contributed by atoms with Crippen LogP contribution in [0.2, 0.25) is 0 Å². The van der Waals surface area contributed by atoms with Crippen LogP contribution in [0.5, 0.6) is 11.5 Å². The highest BCUT2D eigenvalue weighted by Crippen LogP contribution is 2.22. The van der Waals surface area contributed by atoms with Gasteiger partial charge < -0.3 is 15.2 Å². The number of nitrogens with one attached hydrogen (secondary N) is 1. The molecule has 2 aromatic carbocycles. The van der Waals surface area contributed by atoms with Crippen molar-refractivity contribution in [3.05, 3.63) is 59.7 Å². The van der Waals surface area contributed by atoms with E-state index in [1.807, 2.05) is 36.4 Å². The molecule has 0 unspecified atom stereocenters. The first kappa shape index (κ1) is 18.5. The molecule has 0 spiro atoms. The number of carboxylic acids is 1. The average Bonchev–Trinajstić information content (AvgIpc) is 2.62. The van der Waals surface area contributed by atoms with E-state index in [-0.39, 0.29) is 18.7 Å². The van der Waals surface area contributed by atoms with E-state index in [1.165, 1.54) is 5.56 Å². The van der Waals surface area contributed by atoms with Crippen LogP contribution in [-0.2, 0) is 22.4 Å². The number of rotatable bonds is 9. The van der Waals surface area contributed by atoms with Gasteiger partial charge in [0.05, 0.1) is 6.42 Å². The van der Waals surface area contributed by atoms with E-state index >= 15 is 0 Å². The Bertz CT molecular complexity index is 693. The third-order valence-electron chi connectivity index (χ3n) is 3.79. The van der Waals surface area contributed by atoms with Crippen LogP contribution in [0.3, 0.4) is 0 Å². The third-order valence-corrected chi connectivity index (χ3v) is 3.79. The summed E-state index contributed by atoms with van der Waals surface area (Å²) in [5, 5.41) is 11.2. The number of hydrogen-bond donors (Lipinski definition) is 2. The molecule has 0 saturated carbocycles. The van der Waals surface area contributed by atoms with Crippen molar-refractivity contribution in [2.75, 3.05) is 6.54 Å². The predicted octanol–water partition coefficient (Wildman–Crippen LogP) is 3.56. The minimum absolute atomic E-state index is 0.0128. The maximum Gasteiger partial charge on any atom is 0.303 e. The Hall–Kier alpha value is -2.82. The fourth-order valence-electron chi connectivity index (χ4n) is 2.31. The van der Waals surface area contributed by atoms with Crippen molar-refractivity contribution in [1.29, 1.82) is 0 Å². The van der Waals surface area contributed by atoms with Gasteiger partial charge in [-0.3, -0.25) is 9.59 Å². The van der Waals surface area contributed by atoms with Crippen molar-refractivity contribution in [2.45, 2.75) is 32.6 Å². The fourth-order valence-corrected chi connectivity index (χ4v) is 2.31. The van der Waals surface area contributed by atoms with Gasteiger partial charge in [-0.2, -0.15) is 0 Å². The predicted molar refractivity (Wildman–Crippen MR) is 95.9 cm³/mol. The van der Waals surface area contributed by atoms with Gasteiger partial charge in [-0.05, 0) is 48.2 Å². The van der Waals surface area contributed by atoms with E-state index in [4.69, 9.17) is 9.84 Å². The van der Waals surface area contributed by atoms with Crippen LogP contribution in [0.4, 0.5) is 0 Å². The summed E-state index contributed by atoms with van der Waals surface area (Å²) in [6.45, 7) is 2.60. The van der Waals surface area contributed by atoms with E-state index in [0.717, 1.165) is 23.5 Å². The summed E-state index contributed by atoms with van der Waals surface area (Å²) in [4.78, 5) is 21.8. The molecule has 0 aliphatic rings. The molecule has 0 aromatic heterocycles. The molecular formula is C20H23NO4. The molecule has 25 heavy (non-hydrogen) atoms. The van der Waals surface area contributed by atoms with Gasteiger partial charge in [0.1, 0.15) is 11.5 Å². The summed E-state index contributed by atoms with van der Waals surface area (Å²) in [7, 11) is 0. The van der Waals surface area contributed by atoms with Crippen molar-refractivity contribution < 1.29 is 19.4 Å². The number of aryl methyl sites for hydroxylation is 1. The normalized spacial score (nSPS) is 10.3. The number of aliphatic carboxylic acids is 1. The second-order valence-electron chi connectivity index (χ2n) is 5.74. The largest absolute Gasteiger partial charge is 0.481 e. The van der Waals surface area contributed by atoms with Crippen molar-refractivity contribution in [3.63, 3.8) is 0 Å². The van der Waals surface area contributed by atoms with Crippen LogP contribution in [0.1, 0.15) is 30.9 Å². The van der Waals surface area contributed by atoms with Crippen molar-refractivity contribution in [2.24, 2.45) is 0 Å². The monoisotopic (exact) mass is 341 g/mol. The molecule has 0 radical (unpaired) electrons. The number of hydrogen-bond acceptors (Lipinski definition) is 3. The Kier molecular flexibility index (Phi) is 7.01. The fraction of sp³-hybridized carbons (Fsp3) is 0.300. The first-order chi connectivity index (χ1) is 12.1. The van der Waals surface area contributed by atoms with Crippen LogP contribution in [0.15, 0.2) is 48.5 Å². The molecule has 132 valence electrons. The summed E-state index contributed by atoms with van der Waals surface area (Å²) < 4.78 is 5.80. The Balaban J connectivity index is 1.77. The maximum atomic E-state index is 11.4. The van der Waals surface area contributed by atoms with Gasteiger partial charge in [0, 0.05) is 13.0 Å². The zero-order valence-electron chi connectivity index (χ0n) is 14.3. The summed E-state index contributed by atoms with van der Waals surface area (Å²) in [6, 6.07) is 15.7. The topological polar surface area (TPSA) is 75.6 Å². The lowest BCUT2D eigenvalue weighted by Gasteiger charge is -2.08. The molecule has 0 fully saturated rings. The average molecular weight is 341 g/mol. The first-order valence-corrected chi connectivity index (χ1v) is 8.41. The Morgan fingerprint density at radius 1 is 0.920 bits per heavy atom. The second-order valence-corrected chi connectivity index (χ2v) is 5.74. The SMILES string of the molecule is CCc1ccc(Oc2ccc(CCNC(=O)CCC(=O)O)cc2)cc1. The van der Waals surface area contributed by atoms with Crippen LogP contribution >= 0.6 is 0 Å². The highest BCUT2D eigenvalue weighted by molar-refractivity contribution is 5.80. The van der Waals surface area contributed by atoms with Crippen LogP contribution in [0, 0.1) is 0 Å². The number of amides is 1. The zero-order valence-corrected chi connectivity index (χ0v) is 14.3. The molecule has 0 aliphatic carbocycles. The number of carbonyl (C=O) groups is 2. The number of carbonyl (C=O) groups excluding carboxylic acids is 1. The number of carboxylic acid groups (broad SMARTS) is 1. The smallest absolute Gasteiger partial charge is 0.303 e. The van der Waals surface area contributed by atoms with E-state index in [2.05, 4.69) is 24.4 Å². The first-order valence-electron chi connectivity index (χ1n) is 8.41. The molecule has 2 rings (SSSR count). The Morgan fingerprint density at radius 3 is 2.00 bits per heavy atom. The molecule has 0 bridgehead atoms. The lowest BCUT2D eigenvalue weighted by Crippen LogP contribution is -2.25. The lowest BCUT2D eigenvalue weighted by molar-refractivity contribution is -0.138. The van der Waals surface area contributed by atoms with Gasteiger partial charge in [0.25, 0.3) is 0 Å². The third kappa shape index (κ3) is 6.67. The van der Waals surface area contributed by atoms with Crippen LogP contribution < -0.4 is 10.1 Å². The molecule has 0 heterocycles. The molecule has 2 N–H and O–H groups in total. The highest BCUT2D eigenvalue weighted by Gasteiger charge is 2.05. The Morgan fingerprint density at radius 2 is 1.48 bits per heavy atom. The molecular weight excluding hydrogens is 318 g/mol. The quantitative estimate of drug-likeness (QED) is 0.731. The van der Waals surface area contributed by atoms with E-state index in [1.54, 1.807) is 0 Å². The van der Waals surface area contributed by atoms with E-state index in [9.17, 15) is 9.59 Å². The van der Waals surface area contributed by atoms with Crippen LogP contribution in [0.25, 0.3) is 0 Å².